The summed E-state index contributed by atoms with van der Waals surface area (Å²) in [7, 11) is 0. The van der Waals surface area contributed by atoms with Crippen LogP contribution in [0.1, 0.15) is 16.8 Å². The molecule has 1 aromatic rings. The average Bonchev–Trinajstić information content (AvgIpc) is 3.32. The number of hydrogen-bond acceptors (Lipinski definition) is 3. The van der Waals surface area contributed by atoms with Crippen LogP contribution in [0.3, 0.4) is 0 Å². The van der Waals surface area contributed by atoms with Crippen molar-refractivity contribution in [1.82, 2.24) is 0 Å². The lowest BCUT2D eigenvalue weighted by atomic mass is 9.63. The van der Waals surface area contributed by atoms with Gasteiger partial charge in [-0.05, 0) is 48.3 Å². The summed E-state index contributed by atoms with van der Waals surface area (Å²) < 4.78 is 0. The maximum Gasteiger partial charge on any atom is 0.335 e. The second-order valence-electron chi connectivity index (χ2n) is 7.02. The lowest BCUT2D eigenvalue weighted by Gasteiger charge is -2.37. The zero-order valence-corrected chi connectivity index (χ0v) is 12.3. The lowest BCUT2D eigenvalue weighted by Crippen LogP contribution is -2.40. The Morgan fingerprint density at radius 3 is 2.22 bits per heavy atom. The molecule has 0 aromatic heterocycles. The fraction of sp³-hybridized carbons (Fsp3) is 0.389. The van der Waals surface area contributed by atoms with E-state index < -0.39 is 5.97 Å². The third-order valence-corrected chi connectivity index (χ3v) is 6.01. The van der Waals surface area contributed by atoms with Crippen LogP contribution in [0, 0.1) is 35.5 Å². The minimum absolute atomic E-state index is 0.0851. The zero-order valence-electron chi connectivity index (χ0n) is 12.3. The number of allylic oxidation sites excluding steroid dienone is 2. The largest absolute Gasteiger partial charge is 0.478 e. The molecule has 5 aliphatic rings. The van der Waals surface area contributed by atoms with Crippen molar-refractivity contribution in [2.24, 2.45) is 35.5 Å². The van der Waals surface area contributed by atoms with E-state index in [0.717, 1.165) is 6.42 Å². The Balaban J connectivity index is 1.57. The van der Waals surface area contributed by atoms with Crippen LogP contribution in [0.2, 0.25) is 0 Å². The molecule has 0 radical (unpaired) electrons. The summed E-state index contributed by atoms with van der Waals surface area (Å²) in [5.74, 6) is -0.407. The lowest BCUT2D eigenvalue weighted by molar-refractivity contribution is -0.124. The van der Waals surface area contributed by atoms with Crippen molar-refractivity contribution in [3.8, 4) is 0 Å². The van der Waals surface area contributed by atoms with Crippen molar-refractivity contribution >= 4 is 23.5 Å². The molecule has 116 valence electrons. The quantitative estimate of drug-likeness (QED) is 0.669. The number of amides is 2. The second-order valence-corrected chi connectivity index (χ2v) is 7.02. The van der Waals surface area contributed by atoms with E-state index in [1.165, 1.54) is 17.0 Å². The molecule has 23 heavy (non-hydrogen) atoms. The monoisotopic (exact) mass is 309 g/mol. The maximum atomic E-state index is 12.9. The molecule has 2 amide bonds. The molecule has 0 unspecified atom stereocenters. The number of hydrogen-bond donors (Lipinski definition) is 1. The van der Waals surface area contributed by atoms with E-state index in [2.05, 4.69) is 12.2 Å². The van der Waals surface area contributed by atoms with E-state index in [9.17, 15) is 14.4 Å². The molecular weight excluding hydrogens is 294 g/mol. The number of aromatic carboxylic acids is 1. The van der Waals surface area contributed by atoms with Gasteiger partial charge in [0.1, 0.15) is 0 Å². The first kappa shape index (κ1) is 13.0. The Hall–Kier alpha value is -2.43. The molecule has 1 heterocycles. The average molecular weight is 309 g/mol. The van der Waals surface area contributed by atoms with Gasteiger partial charge in [-0.15, -0.1) is 0 Å². The highest BCUT2D eigenvalue weighted by molar-refractivity contribution is 6.22. The molecule has 0 spiro atoms. The zero-order chi connectivity index (χ0) is 15.9. The van der Waals surface area contributed by atoms with Crippen LogP contribution in [0.4, 0.5) is 5.69 Å². The van der Waals surface area contributed by atoms with E-state index in [0.29, 0.717) is 17.5 Å². The maximum absolute atomic E-state index is 12.9. The number of carboxylic acid groups (broad SMARTS) is 1. The van der Waals surface area contributed by atoms with Gasteiger partial charge in [-0.3, -0.25) is 9.59 Å². The fourth-order valence-electron chi connectivity index (χ4n) is 4.99. The molecule has 5 heteroatoms. The van der Waals surface area contributed by atoms with Crippen LogP contribution in [0.5, 0.6) is 0 Å². The highest BCUT2D eigenvalue weighted by Crippen LogP contribution is 2.65. The molecule has 1 aliphatic heterocycles. The topological polar surface area (TPSA) is 74.7 Å². The van der Waals surface area contributed by atoms with Crippen molar-refractivity contribution in [3.63, 3.8) is 0 Å². The second kappa shape index (κ2) is 4.10. The van der Waals surface area contributed by atoms with Gasteiger partial charge < -0.3 is 5.11 Å². The first-order chi connectivity index (χ1) is 11.1. The number of benzene rings is 1. The van der Waals surface area contributed by atoms with Crippen LogP contribution in [0.15, 0.2) is 36.4 Å². The van der Waals surface area contributed by atoms with E-state index >= 15 is 0 Å². The van der Waals surface area contributed by atoms with Gasteiger partial charge in [-0.25, -0.2) is 9.69 Å². The van der Waals surface area contributed by atoms with Crippen LogP contribution >= 0.6 is 0 Å². The Labute approximate surface area is 132 Å². The summed E-state index contributed by atoms with van der Waals surface area (Å²) in [6.07, 6.45) is 5.38. The number of rotatable bonds is 2. The fourth-order valence-corrected chi connectivity index (χ4v) is 4.99. The van der Waals surface area contributed by atoms with Gasteiger partial charge in [0.05, 0.1) is 23.1 Å². The van der Waals surface area contributed by atoms with E-state index in [-0.39, 0.29) is 41.0 Å². The van der Waals surface area contributed by atoms with E-state index in [1.807, 2.05) is 0 Å². The van der Waals surface area contributed by atoms with Gasteiger partial charge in [-0.1, -0.05) is 18.2 Å². The Morgan fingerprint density at radius 1 is 1.04 bits per heavy atom. The first-order valence-corrected chi connectivity index (χ1v) is 7.97. The predicted molar refractivity (Wildman–Crippen MR) is 80.6 cm³/mol. The van der Waals surface area contributed by atoms with Gasteiger partial charge in [-0.2, -0.15) is 0 Å². The van der Waals surface area contributed by atoms with Crippen LogP contribution < -0.4 is 4.90 Å². The van der Waals surface area contributed by atoms with Gasteiger partial charge in [0.15, 0.2) is 0 Å². The van der Waals surface area contributed by atoms with Gasteiger partial charge in [0, 0.05) is 0 Å². The minimum atomic E-state index is -1.06. The molecular formula is C18H15NO4. The Morgan fingerprint density at radius 2 is 1.65 bits per heavy atom. The third-order valence-electron chi connectivity index (χ3n) is 6.01. The highest BCUT2D eigenvalue weighted by Gasteiger charge is 2.67. The number of imide groups is 1. The molecule has 1 aromatic carbocycles. The summed E-state index contributed by atoms with van der Waals surface area (Å²) in [6, 6.07) is 6.08. The highest BCUT2D eigenvalue weighted by atomic mass is 16.4. The number of carbonyl (C=O) groups is 3. The number of carbonyl (C=O) groups excluding carboxylic acids is 2. The Kier molecular flexibility index (Phi) is 2.33. The molecule has 6 atom stereocenters. The SMILES string of the molecule is O=C(O)c1cccc(N2C(=O)[C@H]3[C@@H]4C=C[C@H]([C@H]5C[C@H]45)[C@@H]3C2=O)c1. The van der Waals surface area contributed by atoms with E-state index in [1.54, 1.807) is 12.1 Å². The Bertz CT molecular complexity index is 762. The van der Waals surface area contributed by atoms with E-state index in [4.69, 9.17) is 5.11 Å². The van der Waals surface area contributed by atoms with Crippen molar-refractivity contribution in [2.75, 3.05) is 4.90 Å². The molecule has 1 saturated heterocycles. The number of anilines is 1. The summed E-state index contributed by atoms with van der Waals surface area (Å²) in [5, 5.41) is 9.13. The molecule has 4 aliphatic carbocycles. The van der Waals surface area contributed by atoms with Gasteiger partial charge in [0.2, 0.25) is 11.8 Å². The van der Waals surface area contributed by atoms with Crippen LogP contribution in [-0.2, 0) is 9.59 Å². The van der Waals surface area contributed by atoms with Crippen LogP contribution in [-0.4, -0.2) is 22.9 Å². The smallest absolute Gasteiger partial charge is 0.335 e. The summed E-state index contributed by atoms with van der Waals surface area (Å²) in [5.41, 5.74) is 0.462. The number of carboxylic acids is 1. The summed E-state index contributed by atoms with van der Waals surface area (Å²) in [6.45, 7) is 0. The molecule has 2 saturated carbocycles. The molecule has 6 rings (SSSR count). The predicted octanol–water partition coefficient (Wildman–Crippen LogP) is 1.94. The standard InChI is InChI=1S/C18H15NO4/c20-16-14-10-4-5-11(13-7-12(10)13)15(14)17(21)19(16)9-3-1-2-8(6-9)18(22)23/h1-6,10-15H,7H2,(H,22,23)/t10-,11-,12-,13-,14+,15+/m1/s1. The normalized spacial score (nSPS) is 39.4. The third kappa shape index (κ3) is 1.54. The summed E-state index contributed by atoms with van der Waals surface area (Å²) >= 11 is 0. The van der Waals surface area contributed by atoms with Crippen molar-refractivity contribution in [2.45, 2.75) is 6.42 Å². The summed E-state index contributed by atoms with van der Waals surface area (Å²) in [4.78, 5) is 38.2. The van der Waals surface area contributed by atoms with Gasteiger partial charge in [0.25, 0.3) is 0 Å². The van der Waals surface area contributed by atoms with Crippen molar-refractivity contribution in [3.05, 3.63) is 42.0 Å². The molecule has 3 fully saturated rings. The molecule has 5 nitrogen and oxygen atoms in total. The van der Waals surface area contributed by atoms with Gasteiger partial charge >= 0.3 is 5.97 Å². The molecule has 2 bridgehead atoms. The minimum Gasteiger partial charge on any atom is -0.478 e. The molecule has 1 N–H and O–H groups in total. The first-order valence-electron chi connectivity index (χ1n) is 7.97. The number of nitrogens with zero attached hydrogens (tertiary/aromatic N) is 1. The van der Waals surface area contributed by atoms with Crippen LogP contribution in [0.25, 0.3) is 0 Å². The van der Waals surface area contributed by atoms with Crippen molar-refractivity contribution in [1.29, 1.82) is 0 Å². The van der Waals surface area contributed by atoms with Crippen molar-refractivity contribution < 1.29 is 19.5 Å².